The van der Waals surface area contributed by atoms with Crippen LogP contribution in [0.1, 0.15) is 12.2 Å². The Balaban J connectivity index is 1.53. The van der Waals surface area contributed by atoms with Crippen LogP contribution in [-0.4, -0.2) is 50.6 Å². The van der Waals surface area contributed by atoms with Gasteiger partial charge in [-0.15, -0.1) is 4.31 Å². The second kappa shape index (κ2) is 10.3. The number of nitrogens with zero attached hydrogens (tertiary/aromatic N) is 2. The summed E-state index contributed by atoms with van der Waals surface area (Å²) in [6.07, 6.45) is 1.61. The standard InChI is InChI=1S/C24H28N2O4S/c1-29-13-7-15-31(28)25(18-20-8-6-14-30-20)16-19(27)17-26-23-11-4-2-9-21(23)22-10-3-5-12-24(22)26/h2-6,8-12,14,19,27H,7,13,15-18H2,1H3. The van der Waals surface area contributed by atoms with Gasteiger partial charge >= 0.3 is 0 Å². The maximum absolute atomic E-state index is 12.9. The van der Waals surface area contributed by atoms with Crippen molar-refractivity contribution in [1.29, 1.82) is 0 Å². The summed E-state index contributed by atoms with van der Waals surface area (Å²) >= 11 is -1.24. The van der Waals surface area contributed by atoms with Crippen molar-refractivity contribution in [2.45, 2.75) is 25.6 Å². The molecule has 0 spiro atoms. The minimum absolute atomic E-state index is 0.279. The van der Waals surface area contributed by atoms with Gasteiger partial charge in [0.1, 0.15) is 18.1 Å². The van der Waals surface area contributed by atoms with Crippen LogP contribution in [0.4, 0.5) is 0 Å². The minimum Gasteiger partial charge on any atom is -0.598 e. The number of hydrogen-bond donors (Lipinski definition) is 1. The molecule has 0 aliphatic rings. The first-order valence-corrected chi connectivity index (χ1v) is 11.7. The van der Waals surface area contributed by atoms with Crippen LogP contribution >= 0.6 is 0 Å². The molecule has 1 N–H and O–H groups in total. The summed E-state index contributed by atoms with van der Waals surface area (Å²) in [7, 11) is 1.64. The molecule has 2 heterocycles. The first-order valence-electron chi connectivity index (χ1n) is 10.5. The van der Waals surface area contributed by atoms with Gasteiger partial charge in [0.25, 0.3) is 0 Å². The minimum atomic E-state index is -1.24. The molecule has 31 heavy (non-hydrogen) atoms. The van der Waals surface area contributed by atoms with Crippen molar-refractivity contribution in [3.63, 3.8) is 0 Å². The lowest BCUT2D eigenvalue weighted by atomic mass is 10.2. The maximum atomic E-state index is 12.9. The molecule has 0 amide bonds. The Hall–Kier alpha value is -2.29. The zero-order valence-electron chi connectivity index (χ0n) is 17.6. The largest absolute Gasteiger partial charge is 0.598 e. The van der Waals surface area contributed by atoms with E-state index in [2.05, 4.69) is 28.8 Å². The highest BCUT2D eigenvalue weighted by Gasteiger charge is 2.25. The third-order valence-electron chi connectivity index (χ3n) is 5.36. The Morgan fingerprint density at radius 2 is 1.74 bits per heavy atom. The van der Waals surface area contributed by atoms with Crippen molar-refractivity contribution in [2.24, 2.45) is 0 Å². The quantitative estimate of drug-likeness (QED) is 0.282. The fraction of sp³-hybridized carbons (Fsp3) is 0.333. The zero-order valence-corrected chi connectivity index (χ0v) is 18.5. The molecule has 2 aromatic carbocycles. The number of para-hydroxylation sites is 2. The Labute approximate surface area is 185 Å². The topological polar surface area (TPSA) is 73.8 Å². The van der Waals surface area contributed by atoms with Crippen molar-refractivity contribution in [3.8, 4) is 0 Å². The summed E-state index contributed by atoms with van der Waals surface area (Å²) in [6.45, 7) is 1.64. The highest BCUT2D eigenvalue weighted by atomic mass is 32.2. The van der Waals surface area contributed by atoms with Crippen molar-refractivity contribution < 1.29 is 18.8 Å². The van der Waals surface area contributed by atoms with Gasteiger partial charge in [-0.2, -0.15) is 0 Å². The number of methoxy groups -OCH3 is 1. The van der Waals surface area contributed by atoms with Gasteiger partial charge < -0.3 is 23.4 Å². The molecule has 0 bridgehead atoms. The molecule has 2 aromatic heterocycles. The predicted molar refractivity (Wildman–Crippen MR) is 124 cm³/mol. The molecule has 4 aromatic rings. The first kappa shape index (κ1) is 21.9. The van der Waals surface area contributed by atoms with Crippen LogP contribution in [0.25, 0.3) is 21.8 Å². The highest BCUT2D eigenvalue weighted by molar-refractivity contribution is 7.89. The number of hydrogen-bond acceptors (Lipinski definition) is 5. The van der Waals surface area contributed by atoms with Crippen molar-refractivity contribution in [3.05, 3.63) is 72.7 Å². The number of rotatable bonds is 11. The molecule has 0 aliphatic heterocycles. The molecule has 0 radical (unpaired) electrons. The number of furan rings is 1. The molecule has 6 nitrogen and oxygen atoms in total. The molecule has 0 fully saturated rings. The smallest absolute Gasteiger partial charge is 0.128 e. The average Bonchev–Trinajstić information content (AvgIpc) is 3.40. The fourth-order valence-electron chi connectivity index (χ4n) is 3.96. The first-order chi connectivity index (χ1) is 15.2. The lowest BCUT2D eigenvalue weighted by molar-refractivity contribution is 0.126. The van der Waals surface area contributed by atoms with Crippen LogP contribution in [0, 0.1) is 0 Å². The predicted octanol–water partition coefficient (Wildman–Crippen LogP) is 3.95. The van der Waals surface area contributed by atoms with Gasteiger partial charge in [-0.3, -0.25) is 0 Å². The molecular formula is C24H28N2O4S. The van der Waals surface area contributed by atoms with Gasteiger partial charge in [0.2, 0.25) is 0 Å². The van der Waals surface area contributed by atoms with Crippen LogP contribution in [0.3, 0.4) is 0 Å². The SMILES string of the molecule is COCCC[S+]([O-])N(Cc1ccco1)CC(O)Cn1c2ccccc2c2ccccc21. The van der Waals surface area contributed by atoms with E-state index in [1.165, 1.54) is 10.8 Å². The highest BCUT2D eigenvalue weighted by Crippen LogP contribution is 2.29. The lowest BCUT2D eigenvalue weighted by Gasteiger charge is -2.26. The van der Waals surface area contributed by atoms with E-state index >= 15 is 0 Å². The molecule has 4 rings (SSSR count). The Kier molecular flexibility index (Phi) is 7.32. The number of fused-ring (bicyclic) bond motifs is 3. The Bertz CT molecular complexity index is 1040. The molecule has 0 saturated heterocycles. The number of aliphatic hydroxyl groups is 1. The van der Waals surface area contributed by atoms with Crippen molar-refractivity contribution >= 4 is 33.2 Å². The number of ether oxygens (including phenoxy) is 1. The molecule has 0 aliphatic carbocycles. The van der Waals surface area contributed by atoms with Crippen LogP contribution in [0.5, 0.6) is 0 Å². The number of benzene rings is 2. The van der Waals surface area contributed by atoms with E-state index in [9.17, 15) is 9.66 Å². The van der Waals surface area contributed by atoms with Crippen LogP contribution in [0.15, 0.2) is 71.3 Å². The molecule has 7 heteroatoms. The zero-order chi connectivity index (χ0) is 21.6. The van der Waals surface area contributed by atoms with Gasteiger partial charge in [-0.1, -0.05) is 36.4 Å². The maximum Gasteiger partial charge on any atom is 0.128 e. The van der Waals surface area contributed by atoms with Gasteiger partial charge in [0.05, 0.1) is 32.1 Å². The van der Waals surface area contributed by atoms with Gasteiger partial charge in [0.15, 0.2) is 0 Å². The number of aliphatic hydroxyl groups excluding tert-OH is 1. The van der Waals surface area contributed by atoms with Gasteiger partial charge in [-0.25, -0.2) is 0 Å². The van der Waals surface area contributed by atoms with E-state index in [0.717, 1.165) is 16.8 Å². The van der Waals surface area contributed by atoms with Gasteiger partial charge in [-0.05, 0) is 24.3 Å². The van der Waals surface area contributed by atoms with E-state index < -0.39 is 17.5 Å². The molecule has 164 valence electrons. The summed E-state index contributed by atoms with van der Waals surface area (Å²) < 4.78 is 27.4. The van der Waals surface area contributed by atoms with Crippen molar-refractivity contribution in [1.82, 2.24) is 8.87 Å². The summed E-state index contributed by atoms with van der Waals surface area (Å²) in [5.41, 5.74) is 2.17. The molecular weight excluding hydrogens is 412 g/mol. The summed E-state index contributed by atoms with van der Waals surface area (Å²) in [5.74, 6) is 1.21. The van der Waals surface area contributed by atoms with Crippen LogP contribution in [0.2, 0.25) is 0 Å². The van der Waals surface area contributed by atoms with E-state index in [1.807, 2.05) is 36.4 Å². The molecule has 2 unspecified atom stereocenters. The Morgan fingerprint density at radius 1 is 1.06 bits per heavy atom. The third kappa shape index (κ3) is 5.14. The van der Waals surface area contributed by atoms with E-state index in [-0.39, 0.29) is 6.54 Å². The summed E-state index contributed by atoms with van der Waals surface area (Å²) in [4.78, 5) is 0. The van der Waals surface area contributed by atoms with Crippen molar-refractivity contribution in [2.75, 3.05) is 26.0 Å². The monoisotopic (exact) mass is 440 g/mol. The van der Waals surface area contributed by atoms with Crippen LogP contribution < -0.4 is 0 Å². The Morgan fingerprint density at radius 3 is 2.35 bits per heavy atom. The van der Waals surface area contributed by atoms with Crippen LogP contribution in [-0.2, 0) is 29.2 Å². The second-order valence-electron chi connectivity index (χ2n) is 7.57. The summed E-state index contributed by atoms with van der Waals surface area (Å²) in [6, 6.07) is 20.1. The normalized spacial score (nSPS) is 13.9. The fourth-order valence-corrected chi connectivity index (χ4v) is 5.19. The third-order valence-corrected chi connectivity index (χ3v) is 6.85. The van der Waals surface area contributed by atoms with E-state index in [0.29, 0.717) is 31.9 Å². The molecule has 0 saturated carbocycles. The summed E-state index contributed by atoms with van der Waals surface area (Å²) in [5, 5.41) is 13.3. The number of aromatic nitrogens is 1. The van der Waals surface area contributed by atoms with Gasteiger partial charge in [0, 0.05) is 46.7 Å². The molecule has 2 atom stereocenters. The lowest BCUT2D eigenvalue weighted by Crippen LogP contribution is -2.40. The average molecular weight is 441 g/mol. The van der Waals surface area contributed by atoms with E-state index in [1.54, 1.807) is 17.7 Å². The van der Waals surface area contributed by atoms with E-state index in [4.69, 9.17) is 9.15 Å². The second-order valence-corrected chi connectivity index (χ2v) is 9.14.